The lowest BCUT2D eigenvalue weighted by atomic mass is 10.2. The molecule has 0 saturated heterocycles. The van der Waals surface area contributed by atoms with Crippen LogP contribution in [0.15, 0.2) is 30.5 Å². The third-order valence-electron chi connectivity index (χ3n) is 2.24. The summed E-state index contributed by atoms with van der Waals surface area (Å²) in [6.07, 6.45) is 1.59. The lowest BCUT2D eigenvalue weighted by molar-refractivity contribution is 0.102. The van der Waals surface area contributed by atoms with Gasteiger partial charge in [0.15, 0.2) is 0 Å². The van der Waals surface area contributed by atoms with Gasteiger partial charge in [-0.15, -0.1) is 0 Å². The highest BCUT2D eigenvalue weighted by Crippen LogP contribution is 2.21. The maximum Gasteiger partial charge on any atom is 0.258 e. The van der Waals surface area contributed by atoms with E-state index >= 15 is 0 Å². The molecule has 1 N–H and O–H groups in total. The molecule has 4 nitrogen and oxygen atoms in total. The Morgan fingerprint density at radius 1 is 1.35 bits per heavy atom. The fourth-order valence-electron chi connectivity index (χ4n) is 1.35. The van der Waals surface area contributed by atoms with E-state index in [-0.39, 0.29) is 5.91 Å². The lowest BCUT2D eigenvalue weighted by Gasteiger charge is -2.07. The van der Waals surface area contributed by atoms with Crippen LogP contribution in [0.5, 0.6) is 0 Å². The van der Waals surface area contributed by atoms with Gasteiger partial charge in [0.05, 0.1) is 16.8 Å². The van der Waals surface area contributed by atoms with E-state index in [4.69, 9.17) is 23.2 Å². The molecule has 2 aromatic rings. The second-order valence-electron chi connectivity index (χ2n) is 3.42. The predicted molar refractivity (Wildman–Crippen MR) is 67.6 cm³/mol. The Balaban J connectivity index is 2.26. The molecule has 1 aromatic heterocycles. The van der Waals surface area contributed by atoms with Crippen molar-refractivity contribution < 1.29 is 4.79 Å². The van der Waals surface area contributed by atoms with Crippen molar-refractivity contribution in [1.82, 2.24) is 9.78 Å². The highest BCUT2D eigenvalue weighted by Gasteiger charge is 2.12. The van der Waals surface area contributed by atoms with Gasteiger partial charge in [0.1, 0.15) is 5.82 Å². The molecule has 0 radical (unpaired) electrons. The molecule has 6 heteroatoms. The molecule has 0 bridgehead atoms. The molecule has 0 aliphatic carbocycles. The summed E-state index contributed by atoms with van der Waals surface area (Å²) in [6, 6.07) is 6.43. The van der Waals surface area contributed by atoms with Crippen molar-refractivity contribution in [1.29, 1.82) is 0 Å². The number of carbonyl (C=O) groups is 1. The number of anilines is 1. The molecule has 0 saturated carbocycles. The van der Waals surface area contributed by atoms with Crippen LogP contribution in [0.3, 0.4) is 0 Å². The van der Waals surface area contributed by atoms with Gasteiger partial charge in [0.25, 0.3) is 5.91 Å². The molecule has 1 aromatic carbocycles. The summed E-state index contributed by atoms with van der Waals surface area (Å²) in [4.78, 5) is 11.9. The van der Waals surface area contributed by atoms with Crippen LogP contribution in [-0.2, 0) is 7.05 Å². The number of aromatic nitrogens is 2. The zero-order valence-corrected chi connectivity index (χ0v) is 10.5. The first-order chi connectivity index (χ1) is 8.08. The Morgan fingerprint density at radius 2 is 2.12 bits per heavy atom. The van der Waals surface area contributed by atoms with E-state index in [1.54, 1.807) is 36.1 Å². The van der Waals surface area contributed by atoms with Crippen LogP contribution in [0, 0.1) is 0 Å². The topological polar surface area (TPSA) is 46.9 Å². The van der Waals surface area contributed by atoms with Gasteiger partial charge in [0.2, 0.25) is 0 Å². The SMILES string of the molecule is Cn1nccc1NC(=O)c1cc(Cl)ccc1Cl. The number of amides is 1. The van der Waals surface area contributed by atoms with Crippen LogP contribution >= 0.6 is 23.2 Å². The largest absolute Gasteiger partial charge is 0.307 e. The summed E-state index contributed by atoms with van der Waals surface area (Å²) in [5.41, 5.74) is 0.334. The summed E-state index contributed by atoms with van der Waals surface area (Å²) >= 11 is 11.7. The van der Waals surface area contributed by atoms with Gasteiger partial charge < -0.3 is 5.32 Å². The molecule has 0 unspecified atom stereocenters. The second kappa shape index (κ2) is 4.77. The standard InChI is InChI=1S/C11H9Cl2N3O/c1-16-10(4-5-14-16)15-11(17)8-6-7(12)2-3-9(8)13/h2-6H,1H3,(H,15,17). The Hall–Kier alpha value is -1.52. The number of hydrogen-bond acceptors (Lipinski definition) is 2. The van der Waals surface area contributed by atoms with Crippen LogP contribution in [0.2, 0.25) is 10.0 Å². The number of nitrogens with zero attached hydrogens (tertiary/aromatic N) is 2. The predicted octanol–water partition coefficient (Wildman–Crippen LogP) is 2.98. The summed E-state index contributed by atoms with van der Waals surface area (Å²) in [7, 11) is 1.73. The molecule has 2 rings (SSSR count). The minimum atomic E-state index is -0.318. The first-order valence-electron chi connectivity index (χ1n) is 4.82. The number of hydrogen-bond donors (Lipinski definition) is 1. The minimum absolute atomic E-state index is 0.318. The van der Waals surface area contributed by atoms with Gasteiger partial charge in [-0.2, -0.15) is 5.10 Å². The fourth-order valence-corrected chi connectivity index (χ4v) is 1.73. The van der Waals surface area contributed by atoms with Gasteiger partial charge in [-0.3, -0.25) is 9.48 Å². The maximum absolute atomic E-state index is 11.9. The Kier molecular flexibility index (Phi) is 3.36. The maximum atomic E-state index is 11.9. The van der Waals surface area contributed by atoms with Crippen LogP contribution in [0.25, 0.3) is 0 Å². The average Bonchev–Trinajstić information content (AvgIpc) is 2.68. The van der Waals surface area contributed by atoms with Crippen molar-refractivity contribution in [3.63, 3.8) is 0 Å². The molecule has 17 heavy (non-hydrogen) atoms. The van der Waals surface area contributed by atoms with E-state index in [2.05, 4.69) is 10.4 Å². The second-order valence-corrected chi connectivity index (χ2v) is 4.26. The van der Waals surface area contributed by atoms with E-state index in [9.17, 15) is 4.79 Å². The van der Waals surface area contributed by atoms with E-state index in [1.807, 2.05) is 0 Å². The van der Waals surface area contributed by atoms with E-state index in [1.165, 1.54) is 6.07 Å². The zero-order chi connectivity index (χ0) is 12.4. The molecule has 0 aliphatic rings. The number of rotatable bonds is 2. The van der Waals surface area contributed by atoms with Gasteiger partial charge in [0, 0.05) is 18.1 Å². The molecule has 0 fully saturated rings. The number of nitrogens with one attached hydrogen (secondary N) is 1. The van der Waals surface area contributed by atoms with Crippen molar-refractivity contribution >= 4 is 34.9 Å². The fraction of sp³-hybridized carbons (Fsp3) is 0.0909. The van der Waals surface area contributed by atoms with Crippen molar-refractivity contribution in [3.8, 4) is 0 Å². The van der Waals surface area contributed by atoms with Gasteiger partial charge in [-0.25, -0.2) is 0 Å². The average molecular weight is 270 g/mol. The van der Waals surface area contributed by atoms with Crippen molar-refractivity contribution in [2.45, 2.75) is 0 Å². The molecular formula is C11H9Cl2N3O. The normalized spacial score (nSPS) is 10.3. The highest BCUT2D eigenvalue weighted by atomic mass is 35.5. The Bertz CT molecular complexity index is 566. The van der Waals surface area contributed by atoms with Gasteiger partial charge >= 0.3 is 0 Å². The number of aryl methyl sites for hydroxylation is 1. The third-order valence-corrected chi connectivity index (χ3v) is 2.80. The summed E-state index contributed by atoms with van der Waals surface area (Å²) in [6.45, 7) is 0. The summed E-state index contributed by atoms with van der Waals surface area (Å²) in [5, 5.41) is 7.46. The van der Waals surface area contributed by atoms with Gasteiger partial charge in [-0.1, -0.05) is 23.2 Å². The van der Waals surface area contributed by atoms with Gasteiger partial charge in [-0.05, 0) is 18.2 Å². The summed E-state index contributed by atoms with van der Waals surface area (Å²) in [5.74, 6) is 0.271. The molecule has 1 amide bonds. The number of benzene rings is 1. The molecule has 0 atom stereocenters. The molecular weight excluding hydrogens is 261 g/mol. The first kappa shape index (κ1) is 12.0. The lowest BCUT2D eigenvalue weighted by Crippen LogP contribution is -2.15. The van der Waals surface area contributed by atoms with Crippen molar-refractivity contribution in [3.05, 3.63) is 46.1 Å². The number of halogens is 2. The van der Waals surface area contributed by atoms with E-state index in [0.717, 1.165) is 0 Å². The third kappa shape index (κ3) is 2.60. The Morgan fingerprint density at radius 3 is 2.76 bits per heavy atom. The van der Waals surface area contributed by atoms with Crippen molar-refractivity contribution in [2.75, 3.05) is 5.32 Å². The quantitative estimate of drug-likeness (QED) is 0.911. The molecule has 0 aliphatic heterocycles. The van der Waals surface area contributed by atoms with E-state index < -0.39 is 0 Å². The van der Waals surface area contributed by atoms with E-state index in [0.29, 0.717) is 21.4 Å². The van der Waals surface area contributed by atoms with Crippen LogP contribution in [0.1, 0.15) is 10.4 Å². The highest BCUT2D eigenvalue weighted by molar-refractivity contribution is 6.36. The molecule has 88 valence electrons. The number of carbonyl (C=O) groups excluding carboxylic acids is 1. The zero-order valence-electron chi connectivity index (χ0n) is 8.95. The first-order valence-corrected chi connectivity index (χ1v) is 5.58. The van der Waals surface area contributed by atoms with Crippen molar-refractivity contribution in [2.24, 2.45) is 7.05 Å². The Labute approximate surface area is 108 Å². The van der Waals surface area contributed by atoms with Crippen LogP contribution in [-0.4, -0.2) is 15.7 Å². The van der Waals surface area contributed by atoms with Crippen LogP contribution in [0.4, 0.5) is 5.82 Å². The monoisotopic (exact) mass is 269 g/mol. The summed E-state index contributed by atoms with van der Waals surface area (Å²) < 4.78 is 1.55. The van der Waals surface area contributed by atoms with Crippen LogP contribution < -0.4 is 5.32 Å². The minimum Gasteiger partial charge on any atom is -0.307 e. The molecule has 0 spiro atoms. The molecule has 1 heterocycles. The smallest absolute Gasteiger partial charge is 0.258 e.